The molecule has 0 unspecified atom stereocenters. The van der Waals surface area contributed by atoms with Crippen LogP contribution in [0.3, 0.4) is 0 Å². The van der Waals surface area contributed by atoms with Crippen LogP contribution in [0.15, 0.2) is 12.3 Å². The molecule has 2 aromatic rings. The van der Waals surface area contributed by atoms with Crippen molar-refractivity contribution < 1.29 is 0 Å². The number of aryl methyl sites for hydroxylation is 3. The van der Waals surface area contributed by atoms with Crippen LogP contribution >= 0.6 is 11.6 Å². The van der Waals surface area contributed by atoms with E-state index in [2.05, 4.69) is 21.5 Å². The number of nitrogens with zero attached hydrogens (tertiary/aromatic N) is 5. The normalized spacial score (nSPS) is 11.0. The average molecular weight is 254 g/mol. The maximum atomic E-state index is 5.64. The highest BCUT2D eigenvalue weighted by atomic mass is 35.5. The molecule has 0 saturated carbocycles. The molecule has 92 valence electrons. The van der Waals surface area contributed by atoms with Gasteiger partial charge in [0.05, 0.1) is 23.6 Å². The van der Waals surface area contributed by atoms with E-state index >= 15 is 0 Å². The predicted molar refractivity (Wildman–Crippen MR) is 66.1 cm³/mol. The molecular weight excluding hydrogens is 238 g/mol. The third-order valence-corrected chi connectivity index (χ3v) is 2.84. The van der Waals surface area contributed by atoms with Gasteiger partial charge in [-0.1, -0.05) is 5.21 Å². The summed E-state index contributed by atoms with van der Waals surface area (Å²) in [5.41, 5.74) is 3.13. The van der Waals surface area contributed by atoms with Crippen molar-refractivity contribution >= 4 is 11.6 Å². The summed E-state index contributed by atoms with van der Waals surface area (Å²) >= 11 is 5.64. The van der Waals surface area contributed by atoms with Gasteiger partial charge in [0.2, 0.25) is 0 Å². The van der Waals surface area contributed by atoms with Gasteiger partial charge in [0.15, 0.2) is 0 Å². The highest BCUT2D eigenvalue weighted by molar-refractivity contribution is 6.17. The summed E-state index contributed by atoms with van der Waals surface area (Å²) in [5.74, 6) is 0.661. The van der Waals surface area contributed by atoms with E-state index in [1.54, 1.807) is 0 Å². The SMILES string of the molecule is Cc1cc(Cn2cc(CCCCl)nn2)n(C)n1. The van der Waals surface area contributed by atoms with Crippen LogP contribution in [0.4, 0.5) is 0 Å². The van der Waals surface area contributed by atoms with E-state index in [9.17, 15) is 0 Å². The highest BCUT2D eigenvalue weighted by Crippen LogP contribution is 2.05. The number of rotatable bonds is 5. The number of hydrogen-bond acceptors (Lipinski definition) is 3. The minimum absolute atomic E-state index is 0.661. The first-order valence-electron chi connectivity index (χ1n) is 5.63. The topological polar surface area (TPSA) is 48.5 Å². The molecule has 0 amide bonds. The van der Waals surface area contributed by atoms with Gasteiger partial charge >= 0.3 is 0 Å². The fourth-order valence-corrected chi connectivity index (χ4v) is 1.89. The molecule has 0 aromatic carbocycles. The van der Waals surface area contributed by atoms with Gasteiger partial charge in [-0.15, -0.1) is 16.7 Å². The quantitative estimate of drug-likeness (QED) is 0.760. The summed E-state index contributed by atoms with van der Waals surface area (Å²) in [6.45, 7) is 2.68. The van der Waals surface area contributed by atoms with Crippen LogP contribution in [-0.2, 0) is 20.0 Å². The van der Waals surface area contributed by atoms with Crippen molar-refractivity contribution in [1.29, 1.82) is 0 Å². The Morgan fingerprint density at radius 1 is 1.41 bits per heavy atom. The smallest absolute Gasteiger partial charge is 0.0846 e. The number of alkyl halides is 1. The zero-order valence-corrected chi connectivity index (χ0v) is 10.9. The van der Waals surface area contributed by atoms with Crippen molar-refractivity contribution in [2.75, 3.05) is 5.88 Å². The molecule has 0 atom stereocenters. The second-order valence-corrected chi connectivity index (χ2v) is 4.48. The van der Waals surface area contributed by atoms with Crippen LogP contribution in [0.1, 0.15) is 23.5 Å². The van der Waals surface area contributed by atoms with E-state index in [1.807, 2.05) is 29.5 Å². The van der Waals surface area contributed by atoms with Crippen LogP contribution in [0.25, 0.3) is 0 Å². The van der Waals surface area contributed by atoms with E-state index < -0.39 is 0 Å². The second-order valence-electron chi connectivity index (χ2n) is 4.10. The molecule has 2 rings (SSSR count). The molecular formula is C11H16ClN5. The Bertz CT molecular complexity index is 488. The van der Waals surface area contributed by atoms with E-state index in [0.29, 0.717) is 12.4 Å². The molecule has 0 fully saturated rings. The Morgan fingerprint density at radius 3 is 2.88 bits per heavy atom. The maximum absolute atomic E-state index is 5.64. The number of hydrogen-bond donors (Lipinski definition) is 0. The summed E-state index contributed by atoms with van der Waals surface area (Å²) in [7, 11) is 1.94. The minimum Gasteiger partial charge on any atom is -0.270 e. The summed E-state index contributed by atoms with van der Waals surface area (Å²) in [5, 5.41) is 12.5. The van der Waals surface area contributed by atoms with Gasteiger partial charge in [0, 0.05) is 19.1 Å². The molecule has 0 radical (unpaired) electrons. The molecule has 0 aliphatic rings. The van der Waals surface area contributed by atoms with Gasteiger partial charge < -0.3 is 0 Å². The van der Waals surface area contributed by atoms with Gasteiger partial charge in [-0.3, -0.25) is 4.68 Å². The van der Waals surface area contributed by atoms with E-state index in [4.69, 9.17) is 11.6 Å². The second kappa shape index (κ2) is 5.31. The lowest BCUT2D eigenvalue weighted by Crippen LogP contribution is -2.06. The molecule has 0 spiro atoms. The van der Waals surface area contributed by atoms with Crippen LogP contribution in [0, 0.1) is 6.92 Å². The van der Waals surface area contributed by atoms with Crippen LogP contribution in [0.2, 0.25) is 0 Å². The fourth-order valence-electron chi connectivity index (χ4n) is 1.76. The van der Waals surface area contributed by atoms with Crippen LogP contribution in [0.5, 0.6) is 0 Å². The van der Waals surface area contributed by atoms with Crippen LogP contribution in [-0.4, -0.2) is 30.7 Å². The third kappa shape index (κ3) is 3.06. The lowest BCUT2D eigenvalue weighted by molar-refractivity contribution is 0.599. The third-order valence-electron chi connectivity index (χ3n) is 2.58. The molecule has 2 aromatic heterocycles. The van der Waals surface area contributed by atoms with Crippen molar-refractivity contribution in [3.05, 3.63) is 29.3 Å². The standard InChI is InChI=1S/C11H16ClN5/c1-9-6-11(16(2)14-9)8-17-7-10(13-15-17)4-3-5-12/h6-7H,3-5,8H2,1-2H3. The summed E-state index contributed by atoms with van der Waals surface area (Å²) in [6.07, 6.45) is 3.79. The summed E-state index contributed by atoms with van der Waals surface area (Å²) in [6, 6.07) is 2.06. The van der Waals surface area contributed by atoms with E-state index in [1.165, 1.54) is 0 Å². The Balaban J connectivity index is 2.03. The Kier molecular flexibility index (Phi) is 3.78. The Hall–Kier alpha value is -1.36. The fraction of sp³-hybridized carbons (Fsp3) is 0.545. The van der Waals surface area contributed by atoms with Gasteiger partial charge in [-0.25, -0.2) is 4.68 Å². The first-order valence-corrected chi connectivity index (χ1v) is 6.17. The number of aromatic nitrogens is 5. The first-order chi connectivity index (χ1) is 8.19. The van der Waals surface area contributed by atoms with Crippen molar-refractivity contribution in [2.24, 2.45) is 7.05 Å². The molecule has 5 nitrogen and oxygen atoms in total. The minimum atomic E-state index is 0.661. The summed E-state index contributed by atoms with van der Waals surface area (Å²) in [4.78, 5) is 0. The zero-order valence-electron chi connectivity index (χ0n) is 10.1. The molecule has 0 aliphatic heterocycles. The van der Waals surface area contributed by atoms with Gasteiger partial charge in [0.25, 0.3) is 0 Å². The predicted octanol–water partition coefficient (Wildman–Crippen LogP) is 1.54. The first kappa shape index (κ1) is 12.1. The Labute approximate surface area is 105 Å². The lowest BCUT2D eigenvalue weighted by atomic mass is 10.3. The molecule has 17 heavy (non-hydrogen) atoms. The van der Waals surface area contributed by atoms with Gasteiger partial charge in [0.1, 0.15) is 0 Å². The van der Waals surface area contributed by atoms with Crippen molar-refractivity contribution in [2.45, 2.75) is 26.3 Å². The molecule has 0 aliphatic carbocycles. The largest absolute Gasteiger partial charge is 0.270 e. The highest BCUT2D eigenvalue weighted by Gasteiger charge is 2.05. The molecule has 0 bridgehead atoms. The van der Waals surface area contributed by atoms with Crippen molar-refractivity contribution in [3.63, 3.8) is 0 Å². The van der Waals surface area contributed by atoms with Crippen molar-refractivity contribution in [1.82, 2.24) is 24.8 Å². The van der Waals surface area contributed by atoms with Gasteiger partial charge in [-0.05, 0) is 25.8 Å². The molecule has 0 saturated heterocycles. The zero-order chi connectivity index (χ0) is 12.3. The summed E-state index contributed by atoms with van der Waals surface area (Å²) < 4.78 is 3.70. The lowest BCUT2D eigenvalue weighted by Gasteiger charge is -2.00. The van der Waals surface area contributed by atoms with Crippen molar-refractivity contribution in [3.8, 4) is 0 Å². The maximum Gasteiger partial charge on any atom is 0.0846 e. The van der Waals surface area contributed by atoms with Crippen LogP contribution < -0.4 is 0 Å². The van der Waals surface area contributed by atoms with Gasteiger partial charge in [-0.2, -0.15) is 5.10 Å². The molecule has 6 heteroatoms. The van der Waals surface area contributed by atoms with E-state index in [-0.39, 0.29) is 0 Å². The molecule has 2 heterocycles. The Morgan fingerprint density at radius 2 is 2.24 bits per heavy atom. The average Bonchev–Trinajstić information content (AvgIpc) is 2.84. The number of halogens is 1. The molecule has 0 N–H and O–H groups in total. The monoisotopic (exact) mass is 253 g/mol. The van der Waals surface area contributed by atoms with E-state index in [0.717, 1.165) is 29.9 Å².